The van der Waals surface area contributed by atoms with Crippen LogP contribution < -0.4 is 0 Å². The molecule has 19 heavy (non-hydrogen) atoms. The van der Waals surface area contributed by atoms with E-state index in [-0.39, 0.29) is 22.6 Å². The van der Waals surface area contributed by atoms with Gasteiger partial charge in [-0.1, -0.05) is 37.3 Å². The minimum absolute atomic E-state index is 0.184. The Bertz CT molecular complexity index is 615. The maximum Gasteiger partial charge on any atom is 0.204 e. The van der Waals surface area contributed by atoms with Crippen LogP contribution in [0.5, 0.6) is 0 Å². The van der Waals surface area contributed by atoms with E-state index >= 15 is 0 Å². The smallest absolute Gasteiger partial charge is 0.204 e. The summed E-state index contributed by atoms with van der Waals surface area (Å²) in [6.07, 6.45) is 2.11. The molecule has 2 aromatic rings. The van der Waals surface area contributed by atoms with Crippen molar-refractivity contribution in [1.29, 1.82) is 0 Å². The van der Waals surface area contributed by atoms with Crippen molar-refractivity contribution in [2.75, 3.05) is 0 Å². The number of thiazole rings is 1. The van der Waals surface area contributed by atoms with E-state index in [0.717, 1.165) is 34.7 Å². The lowest BCUT2D eigenvalue weighted by Crippen LogP contribution is -1.90. The van der Waals surface area contributed by atoms with Gasteiger partial charge in [-0.2, -0.15) is 4.39 Å². The van der Waals surface area contributed by atoms with Gasteiger partial charge < -0.3 is 0 Å². The van der Waals surface area contributed by atoms with Crippen molar-refractivity contribution in [2.24, 2.45) is 0 Å². The molecule has 0 spiro atoms. The second-order valence-corrected chi connectivity index (χ2v) is 6.32. The van der Waals surface area contributed by atoms with Crippen LogP contribution in [0.2, 0.25) is 0 Å². The molecule has 1 aliphatic rings. The first-order valence-electron chi connectivity index (χ1n) is 6.52. The van der Waals surface area contributed by atoms with Crippen molar-refractivity contribution in [2.45, 2.75) is 38.5 Å². The summed E-state index contributed by atoms with van der Waals surface area (Å²) in [7, 11) is 0. The van der Waals surface area contributed by atoms with Gasteiger partial charge in [0, 0.05) is 11.5 Å². The number of rotatable bonds is 3. The summed E-state index contributed by atoms with van der Waals surface area (Å²) in [6, 6.07) is 4.96. The molecule has 0 N–H and O–H groups in total. The quantitative estimate of drug-likeness (QED) is 0.762. The van der Waals surface area contributed by atoms with Gasteiger partial charge in [-0.25, -0.2) is 9.37 Å². The zero-order valence-electron chi connectivity index (χ0n) is 10.9. The molecule has 0 atom stereocenters. The van der Waals surface area contributed by atoms with Gasteiger partial charge in [0.05, 0.1) is 5.01 Å². The minimum atomic E-state index is -0.331. The number of halogens is 2. The molecule has 1 fully saturated rings. The van der Waals surface area contributed by atoms with Crippen molar-refractivity contribution in [3.8, 4) is 11.3 Å². The van der Waals surface area contributed by atoms with E-state index < -0.39 is 0 Å². The zero-order chi connectivity index (χ0) is 13.6. The molecule has 3 rings (SSSR count). The molecule has 1 aromatic heterocycles. The molecule has 0 bridgehead atoms. The molecule has 4 heteroatoms. The first-order valence-corrected chi connectivity index (χ1v) is 7.34. The molecular formula is C15H15F2NS. The second kappa shape index (κ2) is 4.67. The molecule has 0 saturated heterocycles. The molecule has 0 amide bonds. The van der Waals surface area contributed by atoms with Crippen LogP contribution in [0.3, 0.4) is 0 Å². The van der Waals surface area contributed by atoms with Gasteiger partial charge >= 0.3 is 0 Å². The van der Waals surface area contributed by atoms with E-state index in [1.54, 1.807) is 12.1 Å². The summed E-state index contributed by atoms with van der Waals surface area (Å²) >= 11 is 1.05. The molecule has 1 aliphatic carbocycles. The zero-order valence-corrected chi connectivity index (χ0v) is 11.7. The second-order valence-electron chi connectivity index (χ2n) is 5.34. The highest BCUT2D eigenvalue weighted by molar-refractivity contribution is 7.10. The summed E-state index contributed by atoms with van der Waals surface area (Å²) < 4.78 is 27.9. The van der Waals surface area contributed by atoms with E-state index in [9.17, 15) is 8.78 Å². The molecule has 0 unspecified atom stereocenters. The molecule has 100 valence electrons. The molecule has 0 aliphatic heterocycles. The van der Waals surface area contributed by atoms with E-state index in [4.69, 9.17) is 0 Å². The predicted octanol–water partition coefficient (Wildman–Crippen LogP) is 5.09. The fourth-order valence-electron chi connectivity index (χ4n) is 2.14. The first kappa shape index (κ1) is 12.7. The highest BCUT2D eigenvalue weighted by Gasteiger charge is 2.27. The molecule has 0 radical (unpaired) electrons. The van der Waals surface area contributed by atoms with Crippen molar-refractivity contribution < 1.29 is 8.78 Å². The van der Waals surface area contributed by atoms with Gasteiger partial charge in [0.25, 0.3) is 0 Å². The molecule has 1 aromatic carbocycles. The van der Waals surface area contributed by atoms with Crippen molar-refractivity contribution >= 4 is 11.3 Å². The Hall–Kier alpha value is -1.29. The number of nitrogens with zero attached hydrogens (tertiary/aromatic N) is 1. The monoisotopic (exact) mass is 279 g/mol. The Morgan fingerprint density at radius 2 is 2.00 bits per heavy atom. The van der Waals surface area contributed by atoms with Crippen LogP contribution in [0.25, 0.3) is 11.3 Å². The fraction of sp³-hybridized carbons (Fsp3) is 0.400. The third kappa shape index (κ3) is 2.41. The van der Waals surface area contributed by atoms with E-state index in [2.05, 4.69) is 4.98 Å². The number of hydrogen-bond acceptors (Lipinski definition) is 2. The third-order valence-electron chi connectivity index (χ3n) is 3.39. The van der Waals surface area contributed by atoms with E-state index in [1.165, 1.54) is 6.07 Å². The average Bonchev–Trinajstić information content (AvgIpc) is 3.11. The standard InChI is InChI=1S/C15H15F2NS/c1-8(2)15-18-13(14(17)19-15)10-5-6-11(9-3-4-9)12(16)7-10/h5-9H,3-4H2,1-2H3. The van der Waals surface area contributed by atoms with Gasteiger partial charge in [0.15, 0.2) is 0 Å². The van der Waals surface area contributed by atoms with Crippen LogP contribution >= 0.6 is 11.3 Å². The van der Waals surface area contributed by atoms with Crippen LogP contribution in [0.1, 0.15) is 49.1 Å². The molecule has 1 nitrogen and oxygen atoms in total. The summed E-state index contributed by atoms with van der Waals surface area (Å²) in [5, 5.41) is 0.418. The Kier molecular flexibility index (Phi) is 3.13. The van der Waals surface area contributed by atoms with Crippen LogP contribution in [0.15, 0.2) is 18.2 Å². The Balaban J connectivity index is 1.99. The van der Waals surface area contributed by atoms with Crippen molar-refractivity contribution in [3.63, 3.8) is 0 Å². The van der Waals surface area contributed by atoms with Gasteiger partial charge in [0.1, 0.15) is 11.5 Å². The summed E-state index contributed by atoms with van der Waals surface area (Å²) in [4.78, 5) is 4.29. The fourth-order valence-corrected chi connectivity index (χ4v) is 2.96. The molecule has 1 heterocycles. The molecule has 1 saturated carbocycles. The SMILES string of the molecule is CC(C)c1nc(-c2ccc(C3CC3)c(F)c2)c(F)s1. The van der Waals surface area contributed by atoms with Gasteiger partial charge in [0.2, 0.25) is 5.13 Å². The summed E-state index contributed by atoms with van der Waals surface area (Å²) in [5.74, 6) is 0.308. The van der Waals surface area contributed by atoms with Crippen LogP contribution in [0, 0.1) is 10.9 Å². The minimum Gasteiger partial charge on any atom is -0.238 e. The normalized spacial score (nSPS) is 15.2. The number of benzene rings is 1. The third-order valence-corrected chi connectivity index (χ3v) is 4.53. The maximum absolute atomic E-state index is 14.0. The van der Waals surface area contributed by atoms with E-state index in [0.29, 0.717) is 11.5 Å². The van der Waals surface area contributed by atoms with Crippen molar-refractivity contribution in [3.05, 3.63) is 39.7 Å². The average molecular weight is 279 g/mol. The Labute approximate surface area is 115 Å². The van der Waals surface area contributed by atoms with Gasteiger partial charge in [-0.15, -0.1) is 0 Å². The lowest BCUT2D eigenvalue weighted by molar-refractivity contribution is 0.611. The lowest BCUT2D eigenvalue weighted by Gasteiger charge is -2.03. The topological polar surface area (TPSA) is 12.9 Å². The largest absolute Gasteiger partial charge is 0.238 e. The number of hydrogen-bond donors (Lipinski definition) is 0. The maximum atomic E-state index is 14.0. The number of aromatic nitrogens is 1. The Morgan fingerprint density at radius 1 is 1.26 bits per heavy atom. The first-order chi connectivity index (χ1) is 9.06. The summed E-state index contributed by atoms with van der Waals surface area (Å²) in [5.41, 5.74) is 1.56. The highest BCUT2D eigenvalue weighted by atomic mass is 32.1. The van der Waals surface area contributed by atoms with Gasteiger partial charge in [-0.05, 0) is 30.4 Å². The van der Waals surface area contributed by atoms with Crippen molar-refractivity contribution in [1.82, 2.24) is 4.98 Å². The van der Waals surface area contributed by atoms with Crippen LogP contribution in [0.4, 0.5) is 8.78 Å². The lowest BCUT2D eigenvalue weighted by atomic mass is 10.1. The van der Waals surface area contributed by atoms with Crippen LogP contribution in [-0.2, 0) is 0 Å². The highest BCUT2D eigenvalue weighted by Crippen LogP contribution is 2.42. The van der Waals surface area contributed by atoms with Gasteiger partial charge in [-0.3, -0.25) is 0 Å². The molecular weight excluding hydrogens is 264 g/mol. The summed E-state index contributed by atoms with van der Waals surface area (Å²) in [6.45, 7) is 3.94. The van der Waals surface area contributed by atoms with E-state index in [1.807, 2.05) is 13.8 Å². The van der Waals surface area contributed by atoms with Crippen LogP contribution in [-0.4, -0.2) is 4.98 Å². The predicted molar refractivity (Wildman–Crippen MR) is 73.5 cm³/mol. The Morgan fingerprint density at radius 3 is 2.53 bits per heavy atom.